The maximum atomic E-state index is 12.4. The highest BCUT2D eigenvalue weighted by Crippen LogP contribution is 2.18. The molecule has 2 heterocycles. The van der Waals surface area contributed by atoms with Crippen molar-refractivity contribution in [2.45, 2.75) is 25.3 Å². The molecule has 3 rings (SSSR count). The normalized spacial score (nSPS) is 23.0. The highest BCUT2D eigenvalue weighted by molar-refractivity contribution is 6.30. The molecule has 1 atom stereocenters. The molecule has 120 valence electrons. The van der Waals surface area contributed by atoms with Gasteiger partial charge in [-0.3, -0.25) is 9.69 Å². The van der Waals surface area contributed by atoms with Gasteiger partial charge in [0.25, 0.3) is 0 Å². The van der Waals surface area contributed by atoms with Crippen molar-refractivity contribution in [1.82, 2.24) is 15.1 Å². The summed E-state index contributed by atoms with van der Waals surface area (Å²) in [6, 6.07) is 8.34. The molecule has 0 spiro atoms. The molecule has 2 aliphatic rings. The number of halogens is 1. The molecule has 1 amide bonds. The molecule has 0 aromatic heterocycles. The van der Waals surface area contributed by atoms with Gasteiger partial charge in [-0.05, 0) is 30.5 Å². The average Bonchev–Trinajstić information content (AvgIpc) is 3.05. The lowest BCUT2D eigenvalue weighted by Gasteiger charge is -2.32. The Labute approximate surface area is 137 Å². The third-order valence-corrected chi connectivity index (χ3v) is 4.98. The Morgan fingerprint density at radius 3 is 2.64 bits per heavy atom. The zero-order valence-corrected chi connectivity index (χ0v) is 13.7. The number of hydrogen-bond donors (Lipinski definition) is 1. The number of piperazine rings is 1. The molecule has 0 saturated carbocycles. The van der Waals surface area contributed by atoms with Gasteiger partial charge in [0.1, 0.15) is 0 Å². The third kappa shape index (κ3) is 4.00. The molecule has 0 bridgehead atoms. The van der Waals surface area contributed by atoms with Crippen LogP contribution in [0, 0.1) is 0 Å². The first-order valence-electron chi connectivity index (χ1n) is 8.19. The highest BCUT2D eigenvalue weighted by Gasteiger charge is 2.30. The number of carbonyl (C=O) groups is 1. The third-order valence-electron chi connectivity index (χ3n) is 4.72. The van der Waals surface area contributed by atoms with Crippen LogP contribution in [0.25, 0.3) is 0 Å². The zero-order valence-electron chi connectivity index (χ0n) is 12.9. The van der Waals surface area contributed by atoms with Crippen molar-refractivity contribution in [3.63, 3.8) is 0 Å². The van der Waals surface area contributed by atoms with E-state index in [1.54, 1.807) is 0 Å². The first-order chi connectivity index (χ1) is 10.7. The summed E-state index contributed by atoms with van der Waals surface area (Å²) in [5.41, 5.74) is 1.18. The molecule has 1 aromatic rings. The van der Waals surface area contributed by atoms with E-state index < -0.39 is 0 Å². The Balaban J connectivity index is 1.45. The SMILES string of the molecule is O=C(CCc1ccc(Cl)cc1)N1CCC(N2CCNCC2)C1. The maximum absolute atomic E-state index is 12.4. The molecule has 22 heavy (non-hydrogen) atoms. The number of amides is 1. The summed E-state index contributed by atoms with van der Waals surface area (Å²) in [5.74, 6) is 0.285. The fraction of sp³-hybridized carbons (Fsp3) is 0.588. The van der Waals surface area contributed by atoms with Crippen LogP contribution in [0.1, 0.15) is 18.4 Å². The van der Waals surface area contributed by atoms with E-state index in [4.69, 9.17) is 11.6 Å². The molecule has 2 saturated heterocycles. The maximum Gasteiger partial charge on any atom is 0.222 e. The van der Waals surface area contributed by atoms with Crippen molar-refractivity contribution in [3.8, 4) is 0 Å². The van der Waals surface area contributed by atoms with Crippen molar-refractivity contribution >= 4 is 17.5 Å². The van der Waals surface area contributed by atoms with Gasteiger partial charge in [0.15, 0.2) is 0 Å². The number of carbonyl (C=O) groups excluding carboxylic acids is 1. The molecular formula is C17H24ClN3O. The summed E-state index contributed by atoms with van der Waals surface area (Å²) in [4.78, 5) is 17.0. The summed E-state index contributed by atoms with van der Waals surface area (Å²) < 4.78 is 0. The number of benzene rings is 1. The molecule has 1 N–H and O–H groups in total. The minimum absolute atomic E-state index is 0.285. The lowest BCUT2D eigenvalue weighted by Crippen LogP contribution is -2.49. The lowest BCUT2D eigenvalue weighted by atomic mass is 10.1. The molecular weight excluding hydrogens is 298 g/mol. The van der Waals surface area contributed by atoms with Crippen LogP contribution in [0.4, 0.5) is 0 Å². The van der Waals surface area contributed by atoms with Crippen molar-refractivity contribution in [1.29, 1.82) is 0 Å². The van der Waals surface area contributed by atoms with Gasteiger partial charge < -0.3 is 10.2 Å². The first-order valence-corrected chi connectivity index (χ1v) is 8.57. The van der Waals surface area contributed by atoms with Crippen LogP contribution in [0.2, 0.25) is 5.02 Å². The average molecular weight is 322 g/mol. The minimum atomic E-state index is 0.285. The van der Waals surface area contributed by atoms with Crippen LogP contribution < -0.4 is 5.32 Å². The number of hydrogen-bond acceptors (Lipinski definition) is 3. The van der Waals surface area contributed by atoms with Crippen LogP contribution >= 0.6 is 11.6 Å². The summed E-state index contributed by atoms with van der Waals surface area (Å²) in [7, 11) is 0. The van der Waals surface area contributed by atoms with Crippen LogP contribution in [0.5, 0.6) is 0 Å². The Bertz CT molecular complexity index is 499. The van der Waals surface area contributed by atoms with E-state index in [0.29, 0.717) is 12.5 Å². The van der Waals surface area contributed by atoms with Gasteiger partial charge in [0.2, 0.25) is 5.91 Å². The van der Waals surface area contributed by atoms with Gasteiger partial charge in [-0.25, -0.2) is 0 Å². The molecule has 2 fully saturated rings. The van der Waals surface area contributed by atoms with E-state index >= 15 is 0 Å². The van der Waals surface area contributed by atoms with Crippen LogP contribution in [-0.4, -0.2) is 61.0 Å². The second-order valence-corrected chi connectivity index (χ2v) is 6.63. The highest BCUT2D eigenvalue weighted by atomic mass is 35.5. The summed E-state index contributed by atoms with van der Waals surface area (Å²) in [6.07, 6.45) is 2.51. The van der Waals surface area contributed by atoms with Crippen LogP contribution in [0.15, 0.2) is 24.3 Å². The molecule has 2 aliphatic heterocycles. The van der Waals surface area contributed by atoms with Gasteiger partial charge in [-0.2, -0.15) is 0 Å². The zero-order chi connectivity index (χ0) is 15.4. The van der Waals surface area contributed by atoms with Crippen molar-refractivity contribution in [3.05, 3.63) is 34.9 Å². The molecule has 0 aliphatic carbocycles. The predicted molar refractivity (Wildman–Crippen MR) is 89.2 cm³/mol. The molecule has 1 aromatic carbocycles. The number of rotatable bonds is 4. The van der Waals surface area contributed by atoms with Gasteiger partial charge in [-0.1, -0.05) is 23.7 Å². The van der Waals surface area contributed by atoms with Crippen molar-refractivity contribution in [2.75, 3.05) is 39.3 Å². The quantitative estimate of drug-likeness (QED) is 0.918. The summed E-state index contributed by atoms with van der Waals surface area (Å²) in [5, 5.41) is 4.13. The van der Waals surface area contributed by atoms with Crippen molar-refractivity contribution < 1.29 is 4.79 Å². The minimum Gasteiger partial charge on any atom is -0.341 e. The number of aryl methyl sites for hydroxylation is 1. The Hall–Kier alpha value is -1.10. The van der Waals surface area contributed by atoms with E-state index in [0.717, 1.165) is 57.1 Å². The number of nitrogens with zero attached hydrogens (tertiary/aromatic N) is 2. The number of likely N-dealkylation sites (tertiary alicyclic amines) is 1. The van der Waals surface area contributed by atoms with Gasteiger partial charge >= 0.3 is 0 Å². The molecule has 1 unspecified atom stereocenters. The molecule has 5 heteroatoms. The first kappa shape index (κ1) is 15.8. The van der Waals surface area contributed by atoms with Crippen LogP contribution in [0.3, 0.4) is 0 Å². The van der Waals surface area contributed by atoms with Gasteiger partial charge in [0.05, 0.1) is 0 Å². The fourth-order valence-corrected chi connectivity index (χ4v) is 3.50. The van der Waals surface area contributed by atoms with Crippen LogP contribution in [-0.2, 0) is 11.2 Å². The molecule has 4 nitrogen and oxygen atoms in total. The van der Waals surface area contributed by atoms with E-state index in [9.17, 15) is 4.79 Å². The second-order valence-electron chi connectivity index (χ2n) is 6.19. The topological polar surface area (TPSA) is 35.6 Å². The van der Waals surface area contributed by atoms with E-state index in [2.05, 4.69) is 10.2 Å². The summed E-state index contributed by atoms with van der Waals surface area (Å²) in [6.45, 7) is 6.17. The standard InChI is InChI=1S/C17H24ClN3O/c18-15-4-1-14(2-5-15)3-6-17(22)21-10-7-16(13-21)20-11-8-19-9-12-20/h1-2,4-5,16,19H,3,6-13H2. The van der Waals surface area contributed by atoms with E-state index in [1.165, 1.54) is 5.56 Å². The van der Waals surface area contributed by atoms with Gasteiger partial charge in [0, 0.05) is 56.8 Å². The Kier molecular flexibility index (Phi) is 5.34. The lowest BCUT2D eigenvalue weighted by molar-refractivity contribution is -0.130. The van der Waals surface area contributed by atoms with E-state index in [-0.39, 0.29) is 5.91 Å². The predicted octanol–water partition coefficient (Wildman–Crippen LogP) is 1.78. The van der Waals surface area contributed by atoms with Gasteiger partial charge in [-0.15, -0.1) is 0 Å². The molecule has 0 radical (unpaired) electrons. The fourth-order valence-electron chi connectivity index (χ4n) is 3.37. The largest absolute Gasteiger partial charge is 0.341 e. The second kappa shape index (κ2) is 7.44. The Morgan fingerprint density at radius 1 is 1.18 bits per heavy atom. The number of nitrogens with one attached hydrogen (secondary N) is 1. The monoisotopic (exact) mass is 321 g/mol. The Morgan fingerprint density at radius 2 is 1.91 bits per heavy atom. The smallest absolute Gasteiger partial charge is 0.222 e. The van der Waals surface area contributed by atoms with Crippen molar-refractivity contribution in [2.24, 2.45) is 0 Å². The summed E-state index contributed by atoms with van der Waals surface area (Å²) >= 11 is 5.88. The van der Waals surface area contributed by atoms with E-state index in [1.807, 2.05) is 29.2 Å².